The summed E-state index contributed by atoms with van der Waals surface area (Å²) in [5.74, 6) is 0. The van der Waals surface area contributed by atoms with E-state index in [-0.39, 0.29) is 5.41 Å². The molecule has 0 unspecified atom stereocenters. The first-order valence-corrected chi connectivity index (χ1v) is 9.73. The predicted octanol–water partition coefficient (Wildman–Crippen LogP) is 6.23. The van der Waals surface area contributed by atoms with E-state index in [1.165, 1.54) is 38.5 Å². The van der Waals surface area contributed by atoms with Crippen LogP contribution in [-0.2, 0) is 6.42 Å². The summed E-state index contributed by atoms with van der Waals surface area (Å²) in [5, 5.41) is 2.68. The predicted molar refractivity (Wildman–Crippen MR) is 116 cm³/mol. The Labute approximate surface area is 158 Å². The Kier molecular flexibility index (Phi) is 4.02. The maximum Gasteiger partial charge on any atom is 0.152 e. The number of hydrogen-bond acceptors (Lipinski definition) is 0. The van der Waals surface area contributed by atoms with Crippen LogP contribution in [0.25, 0.3) is 21.9 Å². The zero-order valence-corrected chi connectivity index (χ0v) is 16.7. The van der Waals surface area contributed by atoms with Gasteiger partial charge in [-0.25, -0.2) is 0 Å². The van der Waals surface area contributed by atoms with E-state index >= 15 is 0 Å². The van der Waals surface area contributed by atoms with Crippen LogP contribution in [0.15, 0.2) is 54.6 Å². The molecule has 0 saturated carbocycles. The second-order valence-electron chi connectivity index (χ2n) is 9.45. The van der Waals surface area contributed by atoms with Crippen molar-refractivity contribution in [2.24, 2.45) is 10.8 Å². The van der Waals surface area contributed by atoms with Gasteiger partial charge in [-0.2, -0.15) is 0 Å². The maximum atomic E-state index is 2.47. The van der Waals surface area contributed by atoms with Crippen LogP contribution in [0.4, 0.5) is 0 Å². The van der Waals surface area contributed by atoms with E-state index in [0.29, 0.717) is 5.41 Å². The van der Waals surface area contributed by atoms with Crippen LogP contribution >= 0.6 is 0 Å². The zero-order valence-electron chi connectivity index (χ0n) is 16.7. The van der Waals surface area contributed by atoms with Crippen LogP contribution in [0.1, 0.15) is 45.7 Å². The summed E-state index contributed by atoms with van der Waals surface area (Å²) in [6, 6.07) is 20.3. The van der Waals surface area contributed by atoms with Crippen molar-refractivity contribution in [3.63, 3.8) is 0 Å². The molecule has 3 aromatic carbocycles. The van der Waals surface area contributed by atoms with Crippen molar-refractivity contribution in [3.05, 3.63) is 65.7 Å². The molecule has 131 valence electrons. The van der Waals surface area contributed by atoms with E-state index < -0.39 is 0 Å². The van der Waals surface area contributed by atoms with Gasteiger partial charge in [-0.05, 0) is 56.3 Å². The lowest BCUT2D eigenvalue weighted by atomic mass is 9.52. The highest BCUT2D eigenvalue weighted by Crippen LogP contribution is 2.42. The van der Waals surface area contributed by atoms with E-state index in [4.69, 9.17) is 0 Å². The second kappa shape index (κ2) is 6.01. The van der Waals surface area contributed by atoms with Crippen LogP contribution in [0.3, 0.4) is 0 Å². The summed E-state index contributed by atoms with van der Waals surface area (Å²) >= 11 is 0. The highest BCUT2D eigenvalue weighted by Gasteiger charge is 2.33. The summed E-state index contributed by atoms with van der Waals surface area (Å²) in [6.07, 6.45) is 2.16. The number of fused-ring (bicyclic) bond motifs is 4. The first-order valence-electron chi connectivity index (χ1n) is 9.73. The molecule has 26 heavy (non-hydrogen) atoms. The molecule has 0 aliphatic heterocycles. The number of rotatable bonds is 3. The molecule has 0 atom stereocenters. The molecule has 1 aliphatic rings. The van der Waals surface area contributed by atoms with E-state index in [2.05, 4.69) is 96.5 Å². The summed E-state index contributed by atoms with van der Waals surface area (Å²) in [7, 11) is 2.47. The fourth-order valence-electron chi connectivity index (χ4n) is 3.79. The van der Waals surface area contributed by atoms with Gasteiger partial charge in [0.2, 0.25) is 0 Å². The topological polar surface area (TPSA) is 0 Å². The van der Waals surface area contributed by atoms with E-state index in [9.17, 15) is 0 Å². The lowest BCUT2D eigenvalue weighted by molar-refractivity contribution is 0.157. The maximum absolute atomic E-state index is 2.47. The first kappa shape index (κ1) is 17.4. The van der Waals surface area contributed by atoms with Gasteiger partial charge >= 0.3 is 0 Å². The molecule has 0 saturated heterocycles. The SMILES string of the molecule is CC(C)(C)C(C)(C)C[B]c1cccc2c1Cc1cc3ccccc3cc1-2. The molecule has 0 bridgehead atoms. The van der Waals surface area contributed by atoms with Crippen LogP contribution in [0.2, 0.25) is 6.32 Å². The van der Waals surface area contributed by atoms with Gasteiger partial charge in [0, 0.05) is 0 Å². The first-order chi connectivity index (χ1) is 12.3. The quantitative estimate of drug-likeness (QED) is 0.388. The van der Waals surface area contributed by atoms with Crippen LogP contribution in [-0.4, -0.2) is 7.28 Å². The normalized spacial score (nSPS) is 13.6. The zero-order chi connectivity index (χ0) is 18.5. The smallest absolute Gasteiger partial charge is 0.0837 e. The van der Waals surface area contributed by atoms with Gasteiger partial charge in [0.25, 0.3) is 0 Å². The molecule has 0 aromatic heterocycles. The van der Waals surface area contributed by atoms with Gasteiger partial charge in [-0.15, -0.1) is 0 Å². The Morgan fingerprint density at radius 1 is 0.808 bits per heavy atom. The van der Waals surface area contributed by atoms with Gasteiger partial charge in [0.15, 0.2) is 7.28 Å². The second-order valence-corrected chi connectivity index (χ2v) is 9.45. The van der Waals surface area contributed by atoms with Crippen LogP contribution < -0.4 is 5.46 Å². The molecule has 0 heterocycles. The Hall–Kier alpha value is -2.02. The molecule has 0 spiro atoms. The minimum absolute atomic E-state index is 0.274. The molecule has 0 N–H and O–H groups in total. The third-order valence-corrected chi connectivity index (χ3v) is 6.70. The van der Waals surface area contributed by atoms with Crippen LogP contribution in [0.5, 0.6) is 0 Å². The lowest BCUT2D eigenvalue weighted by Gasteiger charge is -2.39. The molecule has 1 heteroatoms. The highest BCUT2D eigenvalue weighted by molar-refractivity contribution is 6.54. The Bertz CT molecular complexity index is 973. The molecular weight excluding hydrogens is 311 g/mol. The van der Waals surface area contributed by atoms with Crippen molar-refractivity contribution in [1.82, 2.24) is 0 Å². The summed E-state index contributed by atoms with van der Waals surface area (Å²) < 4.78 is 0. The average molecular weight is 339 g/mol. The molecule has 1 radical (unpaired) electrons. The summed E-state index contributed by atoms with van der Waals surface area (Å²) in [5.41, 5.74) is 7.80. The molecule has 4 rings (SSSR count). The molecule has 1 aliphatic carbocycles. The summed E-state index contributed by atoms with van der Waals surface area (Å²) in [6.45, 7) is 11.8. The van der Waals surface area contributed by atoms with Gasteiger partial charge < -0.3 is 0 Å². The van der Waals surface area contributed by atoms with Crippen molar-refractivity contribution in [1.29, 1.82) is 0 Å². The fourth-order valence-corrected chi connectivity index (χ4v) is 3.79. The lowest BCUT2D eigenvalue weighted by Crippen LogP contribution is -2.33. The van der Waals surface area contributed by atoms with Crippen LogP contribution in [0, 0.1) is 10.8 Å². The van der Waals surface area contributed by atoms with E-state index in [1.54, 1.807) is 0 Å². The van der Waals surface area contributed by atoms with Crippen molar-refractivity contribution < 1.29 is 0 Å². The monoisotopic (exact) mass is 339 g/mol. The third-order valence-electron chi connectivity index (χ3n) is 6.70. The Morgan fingerprint density at radius 2 is 1.50 bits per heavy atom. The van der Waals surface area contributed by atoms with Gasteiger partial charge in [-0.3, -0.25) is 0 Å². The van der Waals surface area contributed by atoms with Crippen molar-refractivity contribution >= 4 is 23.5 Å². The number of hydrogen-bond donors (Lipinski definition) is 0. The van der Waals surface area contributed by atoms with Crippen molar-refractivity contribution in [3.8, 4) is 11.1 Å². The van der Waals surface area contributed by atoms with E-state index in [1.807, 2.05) is 0 Å². The number of benzene rings is 3. The highest BCUT2D eigenvalue weighted by atomic mass is 14.3. The molecule has 0 nitrogen and oxygen atoms in total. The van der Waals surface area contributed by atoms with Gasteiger partial charge in [0.05, 0.1) is 0 Å². The summed E-state index contributed by atoms with van der Waals surface area (Å²) in [4.78, 5) is 0. The average Bonchev–Trinajstić information content (AvgIpc) is 2.95. The van der Waals surface area contributed by atoms with Crippen molar-refractivity contribution in [2.75, 3.05) is 0 Å². The van der Waals surface area contributed by atoms with Gasteiger partial charge in [0.1, 0.15) is 0 Å². The van der Waals surface area contributed by atoms with Crippen molar-refractivity contribution in [2.45, 2.75) is 47.4 Å². The fraction of sp³-hybridized carbons (Fsp3) is 0.360. The Balaban J connectivity index is 1.69. The minimum atomic E-state index is 0.274. The minimum Gasteiger partial charge on any atom is -0.0837 e. The molecule has 0 amide bonds. The van der Waals surface area contributed by atoms with E-state index in [0.717, 1.165) is 12.7 Å². The largest absolute Gasteiger partial charge is 0.152 e. The molecular formula is C25H28B. The third kappa shape index (κ3) is 2.88. The molecule has 3 aromatic rings. The standard InChI is InChI=1S/C25H28B/c1-24(2,3)25(4,5)16-26-23-12-8-11-20-21-14-18-10-7-6-9-17(18)13-19(21)15-22(20)23/h6-14H,15-16H2,1-5H3. The Morgan fingerprint density at radius 3 is 2.19 bits per heavy atom. The van der Waals surface area contributed by atoms with Gasteiger partial charge in [-0.1, -0.05) is 94.9 Å². The molecule has 0 fully saturated rings.